The molecule has 3 aromatic rings. The Morgan fingerprint density at radius 3 is 2.22 bits per heavy atom. The van der Waals surface area contributed by atoms with Crippen LogP contribution in [-0.4, -0.2) is 21.7 Å². The molecule has 0 radical (unpaired) electrons. The van der Waals surface area contributed by atoms with Crippen LogP contribution in [0.2, 0.25) is 0 Å². The van der Waals surface area contributed by atoms with Gasteiger partial charge >= 0.3 is 0 Å². The van der Waals surface area contributed by atoms with Gasteiger partial charge in [-0.2, -0.15) is 0 Å². The standard InChI is InChI=1S/C21H20N4O2/c1-3-15-4-8-17(9-5-15)23-20(27)19-12-13-22-21(25-19)24-18-10-6-16(7-11-18)14(2)26/h4-13H,3H2,1-2H3,(H,23,27)(H,22,24,25). The number of carbonyl (C=O) groups is 2. The lowest BCUT2D eigenvalue weighted by Crippen LogP contribution is -2.14. The van der Waals surface area contributed by atoms with Gasteiger partial charge in [-0.3, -0.25) is 9.59 Å². The van der Waals surface area contributed by atoms with Crippen LogP contribution in [-0.2, 0) is 6.42 Å². The maximum absolute atomic E-state index is 12.4. The third-order valence-corrected chi connectivity index (χ3v) is 4.06. The zero-order chi connectivity index (χ0) is 19.2. The molecule has 3 rings (SSSR count). The molecule has 2 N–H and O–H groups in total. The van der Waals surface area contributed by atoms with Crippen LogP contribution in [0.5, 0.6) is 0 Å². The molecule has 27 heavy (non-hydrogen) atoms. The first-order valence-corrected chi connectivity index (χ1v) is 8.66. The van der Waals surface area contributed by atoms with Gasteiger partial charge in [0.2, 0.25) is 5.95 Å². The number of aryl methyl sites for hydroxylation is 1. The minimum atomic E-state index is -0.309. The van der Waals surface area contributed by atoms with E-state index >= 15 is 0 Å². The van der Waals surface area contributed by atoms with Crippen molar-refractivity contribution in [1.82, 2.24) is 9.97 Å². The maximum atomic E-state index is 12.4. The van der Waals surface area contributed by atoms with Crippen LogP contribution in [0.3, 0.4) is 0 Å². The zero-order valence-corrected chi connectivity index (χ0v) is 15.2. The number of Topliss-reactive ketones (excluding diaryl/α,β-unsaturated/α-hetero) is 1. The highest BCUT2D eigenvalue weighted by Gasteiger charge is 2.10. The molecule has 0 aliphatic heterocycles. The third-order valence-electron chi connectivity index (χ3n) is 4.06. The number of hydrogen-bond donors (Lipinski definition) is 2. The van der Waals surface area contributed by atoms with Crippen molar-refractivity contribution >= 4 is 29.0 Å². The van der Waals surface area contributed by atoms with Gasteiger partial charge in [-0.05, 0) is 61.4 Å². The fourth-order valence-corrected chi connectivity index (χ4v) is 2.48. The monoisotopic (exact) mass is 360 g/mol. The van der Waals surface area contributed by atoms with Crippen molar-refractivity contribution in [2.24, 2.45) is 0 Å². The average Bonchev–Trinajstić information content (AvgIpc) is 2.69. The van der Waals surface area contributed by atoms with Gasteiger partial charge in [-0.25, -0.2) is 9.97 Å². The Hall–Kier alpha value is -3.54. The molecule has 136 valence electrons. The van der Waals surface area contributed by atoms with E-state index in [4.69, 9.17) is 0 Å². The number of anilines is 3. The summed E-state index contributed by atoms with van der Waals surface area (Å²) < 4.78 is 0. The summed E-state index contributed by atoms with van der Waals surface area (Å²) in [6.45, 7) is 3.60. The van der Waals surface area contributed by atoms with Crippen molar-refractivity contribution in [3.63, 3.8) is 0 Å². The van der Waals surface area contributed by atoms with Gasteiger partial charge < -0.3 is 10.6 Å². The molecule has 1 aromatic heterocycles. The van der Waals surface area contributed by atoms with Crippen molar-refractivity contribution in [1.29, 1.82) is 0 Å². The molecule has 0 saturated carbocycles. The van der Waals surface area contributed by atoms with Crippen LogP contribution in [0.1, 0.15) is 40.3 Å². The second-order valence-corrected chi connectivity index (χ2v) is 6.03. The maximum Gasteiger partial charge on any atom is 0.274 e. The van der Waals surface area contributed by atoms with Gasteiger partial charge in [0.25, 0.3) is 5.91 Å². The van der Waals surface area contributed by atoms with Gasteiger partial charge in [-0.15, -0.1) is 0 Å². The minimum Gasteiger partial charge on any atom is -0.324 e. The number of rotatable bonds is 6. The van der Waals surface area contributed by atoms with E-state index in [-0.39, 0.29) is 17.4 Å². The Balaban J connectivity index is 1.70. The summed E-state index contributed by atoms with van der Waals surface area (Å²) in [5.41, 5.74) is 3.53. The lowest BCUT2D eigenvalue weighted by Gasteiger charge is -2.08. The normalized spacial score (nSPS) is 10.3. The summed E-state index contributed by atoms with van der Waals surface area (Å²) in [6.07, 6.45) is 2.47. The molecular weight excluding hydrogens is 340 g/mol. The first kappa shape index (κ1) is 18.3. The van der Waals surface area contributed by atoms with Crippen molar-refractivity contribution in [2.45, 2.75) is 20.3 Å². The molecule has 0 aliphatic rings. The van der Waals surface area contributed by atoms with Gasteiger partial charge in [0.05, 0.1) is 0 Å². The number of benzene rings is 2. The van der Waals surface area contributed by atoms with E-state index in [1.165, 1.54) is 18.7 Å². The first-order chi connectivity index (χ1) is 13.0. The van der Waals surface area contributed by atoms with Gasteiger partial charge in [-0.1, -0.05) is 19.1 Å². The molecular formula is C21H20N4O2. The molecule has 1 amide bonds. The Morgan fingerprint density at radius 2 is 1.59 bits per heavy atom. The smallest absolute Gasteiger partial charge is 0.274 e. The highest BCUT2D eigenvalue weighted by atomic mass is 16.2. The SMILES string of the molecule is CCc1ccc(NC(=O)c2ccnc(Nc3ccc(C(C)=O)cc3)n2)cc1. The predicted octanol–water partition coefficient (Wildman–Crippen LogP) is 4.24. The minimum absolute atomic E-state index is 0.00318. The lowest BCUT2D eigenvalue weighted by atomic mass is 10.1. The summed E-state index contributed by atoms with van der Waals surface area (Å²) in [6, 6.07) is 16.2. The van der Waals surface area contributed by atoms with Crippen molar-refractivity contribution in [3.05, 3.63) is 77.6 Å². The second kappa shape index (κ2) is 8.23. The number of aromatic nitrogens is 2. The molecule has 6 heteroatoms. The molecule has 0 unspecified atom stereocenters. The molecule has 0 atom stereocenters. The molecule has 0 aliphatic carbocycles. The van der Waals surface area contributed by atoms with Crippen molar-refractivity contribution < 1.29 is 9.59 Å². The number of amides is 1. The van der Waals surface area contributed by atoms with Crippen LogP contribution in [0.15, 0.2) is 60.8 Å². The van der Waals surface area contributed by atoms with E-state index in [1.807, 2.05) is 24.3 Å². The number of nitrogens with one attached hydrogen (secondary N) is 2. The van der Waals surface area contributed by atoms with Crippen LogP contribution < -0.4 is 10.6 Å². The molecule has 1 heterocycles. The highest BCUT2D eigenvalue weighted by Crippen LogP contribution is 2.15. The van der Waals surface area contributed by atoms with Crippen LogP contribution in [0.4, 0.5) is 17.3 Å². The molecule has 2 aromatic carbocycles. The highest BCUT2D eigenvalue weighted by molar-refractivity contribution is 6.03. The topological polar surface area (TPSA) is 84.0 Å². The molecule has 0 bridgehead atoms. The van der Waals surface area contributed by atoms with Crippen molar-refractivity contribution in [2.75, 3.05) is 10.6 Å². The lowest BCUT2D eigenvalue weighted by molar-refractivity contribution is 0.101. The third kappa shape index (κ3) is 4.76. The summed E-state index contributed by atoms with van der Waals surface area (Å²) >= 11 is 0. The fraction of sp³-hybridized carbons (Fsp3) is 0.143. The van der Waals surface area contributed by atoms with E-state index in [2.05, 4.69) is 27.5 Å². The fourth-order valence-electron chi connectivity index (χ4n) is 2.48. The summed E-state index contributed by atoms with van der Waals surface area (Å²) in [7, 11) is 0. The number of nitrogens with zero attached hydrogens (tertiary/aromatic N) is 2. The van der Waals surface area contributed by atoms with Crippen molar-refractivity contribution in [3.8, 4) is 0 Å². The summed E-state index contributed by atoms with van der Waals surface area (Å²) in [5.74, 6) is -0.000352. The molecule has 0 saturated heterocycles. The quantitative estimate of drug-likeness (QED) is 0.643. The van der Waals surface area contributed by atoms with Crippen LogP contribution in [0, 0.1) is 0 Å². The largest absolute Gasteiger partial charge is 0.324 e. The van der Waals surface area contributed by atoms with E-state index in [9.17, 15) is 9.59 Å². The Kier molecular flexibility index (Phi) is 5.56. The first-order valence-electron chi connectivity index (χ1n) is 8.66. The van der Waals surface area contributed by atoms with Gasteiger partial charge in [0, 0.05) is 23.1 Å². The Morgan fingerprint density at radius 1 is 0.926 bits per heavy atom. The average molecular weight is 360 g/mol. The Labute approximate surface area is 157 Å². The summed E-state index contributed by atoms with van der Waals surface area (Å²) in [5, 5.41) is 5.86. The van der Waals surface area contributed by atoms with E-state index in [0.29, 0.717) is 17.2 Å². The second-order valence-electron chi connectivity index (χ2n) is 6.03. The van der Waals surface area contributed by atoms with E-state index in [1.54, 1.807) is 30.3 Å². The number of hydrogen-bond acceptors (Lipinski definition) is 5. The molecule has 6 nitrogen and oxygen atoms in total. The van der Waals surface area contributed by atoms with Crippen LogP contribution in [0.25, 0.3) is 0 Å². The number of carbonyl (C=O) groups excluding carboxylic acids is 2. The zero-order valence-electron chi connectivity index (χ0n) is 15.2. The van der Waals surface area contributed by atoms with Gasteiger partial charge in [0.1, 0.15) is 5.69 Å². The van der Waals surface area contributed by atoms with E-state index in [0.717, 1.165) is 12.1 Å². The number of ketones is 1. The summed E-state index contributed by atoms with van der Waals surface area (Å²) in [4.78, 5) is 32.1. The Bertz CT molecular complexity index is 951. The molecule has 0 fully saturated rings. The van der Waals surface area contributed by atoms with Crippen LogP contribution >= 0.6 is 0 Å². The van der Waals surface area contributed by atoms with Gasteiger partial charge in [0.15, 0.2) is 5.78 Å². The predicted molar refractivity (Wildman–Crippen MR) is 106 cm³/mol. The molecule has 0 spiro atoms. The van der Waals surface area contributed by atoms with E-state index < -0.39 is 0 Å².